The number of rotatable bonds is 9. The third-order valence-electron chi connectivity index (χ3n) is 4.17. The fraction of sp³-hybridized carbons (Fsp3) is 0.368. The largest absolute Gasteiger partial charge is 0.468 e. The van der Waals surface area contributed by atoms with Crippen LogP contribution < -0.4 is 15.4 Å². The van der Waals surface area contributed by atoms with Crippen LogP contribution in [0, 0.1) is 0 Å². The van der Waals surface area contributed by atoms with Crippen LogP contribution in [-0.4, -0.2) is 51.8 Å². The van der Waals surface area contributed by atoms with Gasteiger partial charge in [-0.3, -0.25) is 14.5 Å². The summed E-state index contributed by atoms with van der Waals surface area (Å²) >= 11 is 0. The molecule has 2 atom stereocenters. The van der Waals surface area contributed by atoms with Crippen LogP contribution in [0.1, 0.15) is 25.6 Å². The number of furan rings is 1. The van der Waals surface area contributed by atoms with Crippen LogP contribution >= 0.6 is 0 Å². The predicted molar refractivity (Wildman–Crippen MR) is 109 cm³/mol. The van der Waals surface area contributed by atoms with Gasteiger partial charge < -0.3 is 15.1 Å². The first-order valence-electron chi connectivity index (χ1n) is 8.97. The molecule has 10 heteroatoms. The summed E-state index contributed by atoms with van der Waals surface area (Å²) in [6.45, 7) is 3.09. The molecule has 0 bridgehead atoms. The maximum atomic E-state index is 12.5. The molecular formula is C19H26N4O5S. The number of hydrogen-bond acceptors (Lipinski definition) is 6. The van der Waals surface area contributed by atoms with Gasteiger partial charge in [0.15, 0.2) is 0 Å². The van der Waals surface area contributed by atoms with Gasteiger partial charge >= 0.3 is 0 Å². The lowest BCUT2D eigenvalue weighted by atomic mass is 10.2. The van der Waals surface area contributed by atoms with E-state index in [0.29, 0.717) is 11.4 Å². The lowest BCUT2D eigenvalue weighted by Gasteiger charge is -2.23. The lowest BCUT2D eigenvalue weighted by Crippen LogP contribution is -2.46. The first-order chi connectivity index (χ1) is 13.6. The summed E-state index contributed by atoms with van der Waals surface area (Å²) in [4.78, 5) is 25.3. The zero-order chi connectivity index (χ0) is 21.6. The van der Waals surface area contributed by atoms with Crippen LogP contribution in [0.5, 0.6) is 0 Å². The topological polar surface area (TPSA) is 121 Å². The van der Waals surface area contributed by atoms with Gasteiger partial charge in [0, 0.05) is 19.2 Å². The number of hydrogen-bond donors (Lipinski definition) is 3. The van der Waals surface area contributed by atoms with Gasteiger partial charge in [0.25, 0.3) is 0 Å². The van der Waals surface area contributed by atoms with Crippen molar-refractivity contribution in [3.8, 4) is 0 Å². The first kappa shape index (κ1) is 22.6. The molecule has 0 unspecified atom stereocenters. The summed E-state index contributed by atoms with van der Waals surface area (Å²) in [7, 11) is -0.186. The minimum absolute atomic E-state index is 0.00648. The van der Waals surface area contributed by atoms with E-state index in [1.165, 1.54) is 38.1 Å². The number of benzene rings is 1. The van der Waals surface area contributed by atoms with Crippen LogP contribution in [0.15, 0.2) is 52.0 Å². The molecule has 29 heavy (non-hydrogen) atoms. The Labute approximate surface area is 170 Å². The fourth-order valence-electron chi connectivity index (χ4n) is 2.64. The van der Waals surface area contributed by atoms with Gasteiger partial charge in [0.1, 0.15) is 5.76 Å². The summed E-state index contributed by atoms with van der Waals surface area (Å²) < 4.78 is 32.8. The quantitative estimate of drug-likeness (QED) is 0.561. The zero-order valence-electron chi connectivity index (χ0n) is 16.8. The van der Waals surface area contributed by atoms with Gasteiger partial charge in [-0.25, -0.2) is 8.42 Å². The van der Waals surface area contributed by atoms with Crippen molar-refractivity contribution in [2.24, 2.45) is 0 Å². The van der Waals surface area contributed by atoms with Gasteiger partial charge in [0.05, 0.1) is 23.2 Å². The van der Waals surface area contributed by atoms with Crippen molar-refractivity contribution in [3.05, 3.63) is 48.4 Å². The molecule has 1 aromatic carbocycles. The minimum atomic E-state index is -3.90. The van der Waals surface area contributed by atoms with Gasteiger partial charge in [-0.2, -0.15) is 4.72 Å². The molecule has 1 aromatic heterocycles. The molecule has 1 heterocycles. The SMILES string of the molecule is CC(=O)Nc1ccc(S(=O)(=O)N[C@H](C)C(=O)NC[C@@H](c2ccco2)N(C)C)cc1. The monoisotopic (exact) mass is 422 g/mol. The van der Waals surface area contributed by atoms with Crippen LogP contribution in [-0.2, 0) is 19.6 Å². The van der Waals surface area contributed by atoms with Gasteiger partial charge in [-0.05, 0) is 57.4 Å². The van der Waals surface area contributed by atoms with Crippen molar-refractivity contribution in [2.75, 3.05) is 26.0 Å². The van der Waals surface area contributed by atoms with Crippen molar-refractivity contribution in [2.45, 2.75) is 30.8 Å². The predicted octanol–water partition coefficient (Wildman–Crippen LogP) is 1.32. The van der Waals surface area contributed by atoms with E-state index in [4.69, 9.17) is 4.42 Å². The maximum absolute atomic E-state index is 12.5. The van der Waals surface area contributed by atoms with Crippen LogP contribution in [0.2, 0.25) is 0 Å². The number of amides is 2. The van der Waals surface area contributed by atoms with Crippen molar-refractivity contribution >= 4 is 27.5 Å². The third kappa shape index (κ3) is 6.41. The Balaban J connectivity index is 1.97. The molecule has 2 aromatic rings. The van der Waals surface area contributed by atoms with Gasteiger partial charge in [0.2, 0.25) is 21.8 Å². The molecule has 0 aliphatic carbocycles. The Morgan fingerprint density at radius 3 is 2.31 bits per heavy atom. The normalized spacial score (nSPS) is 13.7. The fourth-order valence-corrected chi connectivity index (χ4v) is 3.85. The molecule has 0 aliphatic heterocycles. The molecule has 0 fully saturated rings. The average molecular weight is 423 g/mol. The zero-order valence-corrected chi connectivity index (χ0v) is 17.6. The minimum Gasteiger partial charge on any atom is -0.468 e. The molecule has 0 saturated heterocycles. The van der Waals surface area contributed by atoms with Gasteiger partial charge in [-0.1, -0.05) is 0 Å². The Morgan fingerprint density at radius 1 is 1.14 bits per heavy atom. The highest BCUT2D eigenvalue weighted by Crippen LogP contribution is 2.18. The summed E-state index contributed by atoms with van der Waals surface area (Å²) in [5.74, 6) is -0.0146. The van der Waals surface area contributed by atoms with E-state index < -0.39 is 22.0 Å². The van der Waals surface area contributed by atoms with Crippen molar-refractivity contribution < 1.29 is 22.4 Å². The number of sulfonamides is 1. The highest BCUT2D eigenvalue weighted by atomic mass is 32.2. The smallest absolute Gasteiger partial charge is 0.241 e. The van der Waals surface area contributed by atoms with Crippen LogP contribution in [0.4, 0.5) is 5.69 Å². The van der Waals surface area contributed by atoms with E-state index >= 15 is 0 Å². The van der Waals surface area contributed by atoms with Crippen LogP contribution in [0.25, 0.3) is 0 Å². The second-order valence-electron chi connectivity index (χ2n) is 6.79. The third-order valence-corrected chi connectivity index (χ3v) is 5.73. The van der Waals surface area contributed by atoms with E-state index in [1.54, 1.807) is 12.3 Å². The average Bonchev–Trinajstić information content (AvgIpc) is 3.15. The molecule has 158 valence electrons. The second kappa shape index (κ2) is 9.68. The highest BCUT2D eigenvalue weighted by Gasteiger charge is 2.24. The lowest BCUT2D eigenvalue weighted by molar-refractivity contribution is -0.122. The Hall–Kier alpha value is -2.69. The summed E-state index contributed by atoms with van der Waals surface area (Å²) in [6, 6.07) is 8.09. The molecule has 0 radical (unpaired) electrons. The van der Waals surface area contributed by atoms with E-state index in [1.807, 2.05) is 25.1 Å². The second-order valence-corrected chi connectivity index (χ2v) is 8.50. The van der Waals surface area contributed by atoms with Gasteiger partial charge in [-0.15, -0.1) is 0 Å². The first-order valence-corrected chi connectivity index (χ1v) is 10.5. The number of carbonyl (C=O) groups excluding carboxylic acids is 2. The molecule has 3 N–H and O–H groups in total. The number of nitrogens with one attached hydrogen (secondary N) is 3. The Bertz CT molecular complexity index is 924. The van der Waals surface area contributed by atoms with Crippen molar-refractivity contribution in [1.29, 1.82) is 0 Å². The van der Waals surface area contributed by atoms with E-state index in [2.05, 4.69) is 15.4 Å². The number of carbonyl (C=O) groups is 2. The molecule has 0 spiro atoms. The summed E-state index contributed by atoms with van der Waals surface area (Å²) in [5.41, 5.74) is 0.481. The molecular weight excluding hydrogens is 396 g/mol. The number of anilines is 1. The summed E-state index contributed by atoms with van der Waals surface area (Å²) in [5, 5.41) is 5.30. The summed E-state index contributed by atoms with van der Waals surface area (Å²) in [6.07, 6.45) is 1.56. The number of nitrogens with zero attached hydrogens (tertiary/aromatic N) is 1. The Morgan fingerprint density at radius 2 is 1.79 bits per heavy atom. The van der Waals surface area contributed by atoms with Crippen LogP contribution in [0.3, 0.4) is 0 Å². The standard InChI is InChI=1S/C19H26N4O5S/c1-13(19(25)20-12-17(23(3)4)18-6-5-11-28-18)22-29(26,27)16-9-7-15(8-10-16)21-14(2)24/h5-11,13,17,22H,12H2,1-4H3,(H,20,25)(H,21,24)/t13-,17+/m1/s1. The van der Waals surface area contributed by atoms with E-state index in [0.717, 1.165) is 0 Å². The van der Waals surface area contributed by atoms with E-state index in [9.17, 15) is 18.0 Å². The Kier molecular flexibility index (Phi) is 7.54. The van der Waals surface area contributed by atoms with E-state index in [-0.39, 0.29) is 23.4 Å². The molecule has 2 rings (SSSR count). The number of likely N-dealkylation sites (N-methyl/N-ethyl adjacent to an activating group) is 1. The van der Waals surface area contributed by atoms with Crippen molar-refractivity contribution in [1.82, 2.24) is 14.9 Å². The highest BCUT2D eigenvalue weighted by molar-refractivity contribution is 7.89. The molecule has 0 saturated carbocycles. The molecule has 9 nitrogen and oxygen atoms in total. The maximum Gasteiger partial charge on any atom is 0.241 e. The molecule has 0 aliphatic rings. The van der Waals surface area contributed by atoms with Crippen molar-refractivity contribution in [3.63, 3.8) is 0 Å². The molecule has 2 amide bonds.